The Kier molecular flexibility index (Phi) is 4.95. The number of aryl methyl sites for hydroxylation is 1. The molecule has 4 rings (SSSR count). The molecule has 0 unspecified atom stereocenters. The molecule has 0 saturated heterocycles. The summed E-state index contributed by atoms with van der Waals surface area (Å²) in [6.45, 7) is 2.04. The number of rotatable bonds is 5. The van der Waals surface area contributed by atoms with E-state index in [2.05, 4.69) is 35.3 Å². The van der Waals surface area contributed by atoms with Gasteiger partial charge in [-0.25, -0.2) is 0 Å². The number of hydrogen-bond donors (Lipinski definition) is 0. The standard InChI is InChI=1S/C12H10O.C10H9NO.Ga/c13-12-9-5-4-8-11(12)10-6-2-1-3-7-10;1-7-4-5-8-3-2-6-11-9(8)10(7)12;/h1-9,13H;2-6,12H,1H3;/q;;+2/p-2. The fourth-order valence-corrected chi connectivity index (χ4v) is 4.49. The van der Waals surface area contributed by atoms with Crippen LogP contribution in [0.4, 0.5) is 0 Å². The van der Waals surface area contributed by atoms with Crippen LogP contribution in [0.15, 0.2) is 85.1 Å². The first-order valence-corrected chi connectivity index (χ1v) is 10.4. The summed E-state index contributed by atoms with van der Waals surface area (Å²) in [5.74, 6) is 1.70. The first kappa shape index (κ1) is 16.8. The second-order valence-corrected chi connectivity index (χ2v) is 7.37. The third-order valence-corrected chi connectivity index (χ3v) is 5.67. The van der Waals surface area contributed by atoms with Gasteiger partial charge in [-0.1, -0.05) is 0 Å². The first-order chi connectivity index (χ1) is 12.8. The van der Waals surface area contributed by atoms with Crippen LogP contribution in [-0.2, 0) is 0 Å². The zero-order valence-corrected chi connectivity index (χ0v) is 16.8. The van der Waals surface area contributed by atoms with Crippen molar-refractivity contribution in [3.8, 4) is 22.6 Å². The van der Waals surface area contributed by atoms with Gasteiger partial charge in [-0.3, -0.25) is 0 Å². The van der Waals surface area contributed by atoms with Crippen molar-refractivity contribution in [1.29, 1.82) is 0 Å². The molecule has 0 aliphatic rings. The van der Waals surface area contributed by atoms with Crippen molar-refractivity contribution in [2.24, 2.45) is 0 Å². The quantitative estimate of drug-likeness (QED) is 0.434. The molecule has 0 aliphatic carbocycles. The predicted molar refractivity (Wildman–Crippen MR) is 105 cm³/mol. The van der Waals surface area contributed by atoms with Gasteiger partial charge in [0.15, 0.2) is 0 Å². The molecule has 4 aromatic rings. The van der Waals surface area contributed by atoms with Crippen LogP contribution in [0.5, 0.6) is 11.5 Å². The topological polar surface area (TPSA) is 31.4 Å². The van der Waals surface area contributed by atoms with Gasteiger partial charge >= 0.3 is 161 Å². The number of benzene rings is 3. The summed E-state index contributed by atoms with van der Waals surface area (Å²) in [5, 5.41) is 1.08. The fraction of sp³-hybridized carbons (Fsp3) is 0.0455. The Balaban J connectivity index is 1.56. The van der Waals surface area contributed by atoms with Crippen molar-refractivity contribution >= 4 is 29.0 Å². The van der Waals surface area contributed by atoms with E-state index in [0.717, 1.165) is 39.1 Å². The van der Waals surface area contributed by atoms with Gasteiger partial charge in [-0.2, -0.15) is 0 Å². The van der Waals surface area contributed by atoms with Crippen molar-refractivity contribution in [3.05, 3.63) is 90.6 Å². The second-order valence-electron chi connectivity index (χ2n) is 5.98. The molecule has 1 aromatic heterocycles. The Bertz CT molecular complexity index is 1030. The molecule has 3 aromatic carbocycles. The van der Waals surface area contributed by atoms with E-state index in [-0.39, 0.29) is 0 Å². The molecule has 0 aliphatic heterocycles. The molecule has 3 nitrogen and oxygen atoms in total. The van der Waals surface area contributed by atoms with Crippen LogP contribution in [0.25, 0.3) is 22.0 Å². The molecule has 0 atom stereocenters. The molecule has 1 heterocycles. The van der Waals surface area contributed by atoms with Gasteiger partial charge < -0.3 is 0 Å². The number of pyridine rings is 1. The molecule has 0 saturated carbocycles. The summed E-state index contributed by atoms with van der Waals surface area (Å²) in [7, 11) is 0. The third kappa shape index (κ3) is 3.47. The molecule has 0 bridgehead atoms. The van der Waals surface area contributed by atoms with Gasteiger partial charge in [0.25, 0.3) is 0 Å². The van der Waals surface area contributed by atoms with Gasteiger partial charge in [0, 0.05) is 0 Å². The number of hydrogen-bond acceptors (Lipinski definition) is 3. The van der Waals surface area contributed by atoms with Crippen LogP contribution < -0.4 is 7.06 Å². The molecule has 0 spiro atoms. The summed E-state index contributed by atoms with van der Waals surface area (Å²) in [6, 6.07) is 26.5. The maximum atomic E-state index is 6.12. The van der Waals surface area contributed by atoms with Crippen LogP contribution >= 0.6 is 0 Å². The van der Waals surface area contributed by atoms with E-state index in [1.165, 1.54) is 0 Å². The molecule has 1 radical (unpaired) electrons. The predicted octanol–water partition coefficient (Wildman–Crippen LogP) is 5.20. The normalized spacial score (nSPS) is 10.5. The second kappa shape index (κ2) is 7.68. The Labute approximate surface area is 161 Å². The van der Waals surface area contributed by atoms with Crippen molar-refractivity contribution in [3.63, 3.8) is 0 Å². The minimum atomic E-state index is -1.43. The molecule has 26 heavy (non-hydrogen) atoms. The van der Waals surface area contributed by atoms with Crippen molar-refractivity contribution in [2.45, 2.75) is 6.92 Å². The average molecular weight is 397 g/mol. The van der Waals surface area contributed by atoms with Gasteiger partial charge in [0.05, 0.1) is 0 Å². The minimum absolute atomic E-state index is 0.834. The summed E-state index contributed by atoms with van der Waals surface area (Å²) in [5.41, 5.74) is 4.20. The molecule has 0 amide bonds. The third-order valence-electron chi connectivity index (χ3n) is 4.24. The molecule has 4 heteroatoms. The maximum absolute atomic E-state index is 6.12. The van der Waals surface area contributed by atoms with Gasteiger partial charge in [-0.05, 0) is 0 Å². The van der Waals surface area contributed by atoms with Crippen LogP contribution in [0.3, 0.4) is 0 Å². The van der Waals surface area contributed by atoms with E-state index in [0.29, 0.717) is 0 Å². The number of nitrogens with zero attached hydrogens (tertiary/aromatic N) is 1. The fourth-order valence-electron chi connectivity index (χ4n) is 2.92. The van der Waals surface area contributed by atoms with Crippen molar-refractivity contribution in [1.82, 2.24) is 4.98 Å². The summed E-state index contributed by atoms with van der Waals surface area (Å²) in [6.07, 6.45) is 1.80. The zero-order valence-electron chi connectivity index (χ0n) is 14.4. The van der Waals surface area contributed by atoms with Gasteiger partial charge in [-0.15, -0.1) is 0 Å². The Morgan fingerprint density at radius 1 is 0.769 bits per heavy atom. The average Bonchev–Trinajstić information content (AvgIpc) is 2.71. The van der Waals surface area contributed by atoms with Crippen LogP contribution in [0.2, 0.25) is 0 Å². The van der Waals surface area contributed by atoms with E-state index >= 15 is 0 Å². The Morgan fingerprint density at radius 2 is 1.58 bits per heavy atom. The van der Waals surface area contributed by atoms with Crippen LogP contribution in [-0.4, -0.2) is 23.1 Å². The number of aromatic nitrogens is 1. The van der Waals surface area contributed by atoms with Crippen LogP contribution in [0, 0.1) is 6.92 Å². The summed E-state index contributed by atoms with van der Waals surface area (Å²) < 4.78 is 12.2. The van der Waals surface area contributed by atoms with Gasteiger partial charge in [0.1, 0.15) is 0 Å². The van der Waals surface area contributed by atoms with Crippen molar-refractivity contribution in [2.75, 3.05) is 0 Å². The number of fused-ring (bicyclic) bond motifs is 1. The zero-order chi connectivity index (χ0) is 17.8. The first-order valence-electron chi connectivity index (χ1n) is 8.47. The molecular formula is C22H17GaNO2. The van der Waals surface area contributed by atoms with Crippen LogP contribution in [0.1, 0.15) is 5.56 Å². The Hall–Kier alpha value is -2.69. The van der Waals surface area contributed by atoms with E-state index in [9.17, 15) is 0 Å². The van der Waals surface area contributed by atoms with E-state index in [1.807, 2.05) is 55.5 Å². The number of para-hydroxylation sites is 1. The van der Waals surface area contributed by atoms with Crippen molar-refractivity contribution < 1.29 is 7.06 Å². The monoisotopic (exact) mass is 396 g/mol. The molecule has 125 valence electrons. The summed E-state index contributed by atoms with van der Waals surface area (Å²) >= 11 is -1.43. The van der Waals surface area contributed by atoms with Gasteiger partial charge in [0.2, 0.25) is 0 Å². The van der Waals surface area contributed by atoms with E-state index < -0.39 is 18.1 Å². The molecule has 0 N–H and O–H groups in total. The van der Waals surface area contributed by atoms with E-state index in [4.69, 9.17) is 7.06 Å². The van der Waals surface area contributed by atoms with E-state index in [1.54, 1.807) is 6.20 Å². The SMILES string of the molecule is Cc1ccc2cccnc2c1[O][Ga][O]c1ccccc1-c1ccccc1. The molecule has 0 fully saturated rings. The Morgan fingerprint density at radius 3 is 2.46 bits per heavy atom. The summed E-state index contributed by atoms with van der Waals surface area (Å²) in [4.78, 5) is 4.48. The molecular weight excluding hydrogens is 380 g/mol.